The highest BCUT2D eigenvalue weighted by Crippen LogP contribution is 2.25. The Morgan fingerprint density at radius 2 is 2.36 bits per heavy atom. The lowest BCUT2D eigenvalue weighted by molar-refractivity contribution is 0.105. The average molecular weight is 480 g/mol. The summed E-state index contributed by atoms with van der Waals surface area (Å²) in [5, 5.41) is 7.59. The van der Waals surface area contributed by atoms with Gasteiger partial charge in [-0.1, -0.05) is 11.6 Å². The normalized spacial score (nSPS) is 23.4. The minimum atomic E-state index is 0. The Bertz CT molecular complexity index is 568. The second-order valence-corrected chi connectivity index (χ2v) is 6.71. The van der Waals surface area contributed by atoms with Crippen molar-refractivity contribution in [1.29, 1.82) is 0 Å². The fourth-order valence-corrected chi connectivity index (χ4v) is 3.53. The standard InChI is InChI=1S/C17H26ClN5O.HI/c1-19-17(21-9-6-14-4-3-11-24-14)22-13-7-10-23(12-13)16-15(18)5-2-8-20-16;/h2,5,8,13-14H,3-4,6-7,9-12H2,1H3,(H2,19,21,22);1H. The molecule has 0 aliphatic carbocycles. The molecule has 3 heterocycles. The van der Waals surface area contributed by atoms with E-state index in [-0.39, 0.29) is 24.0 Å². The number of halogens is 2. The van der Waals surface area contributed by atoms with E-state index in [4.69, 9.17) is 16.3 Å². The average Bonchev–Trinajstić information content (AvgIpc) is 3.26. The Morgan fingerprint density at radius 1 is 1.48 bits per heavy atom. The van der Waals surface area contributed by atoms with Crippen LogP contribution in [0.25, 0.3) is 0 Å². The predicted octanol–water partition coefficient (Wildman–Crippen LogP) is 2.67. The van der Waals surface area contributed by atoms with Gasteiger partial charge in [-0.2, -0.15) is 0 Å². The van der Waals surface area contributed by atoms with Crippen LogP contribution in [0.5, 0.6) is 0 Å². The van der Waals surface area contributed by atoms with Crippen LogP contribution in [-0.2, 0) is 4.74 Å². The Balaban J connectivity index is 0.00000225. The summed E-state index contributed by atoms with van der Waals surface area (Å²) >= 11 is 6.24. The van der Waals surface area contributed by atoms with Gasteiger partial charge in [-0.15, -0.1) is 24.0 Å². The van der Waals surface area contributed by atoms with Gasteiger partial charge in [-0.05, 0) is 37.8 Å². The van der Waals surface area contributed by atoms with Crippen LogP contribution in [0.15, 0.2) is 23.3 Å². The maximum Gasteiger partial charge on any atom is 0.191 e. The first-order valence-electron chi connectivity index (χ1n) is 8.70. The number of nitrogens with zero attached hydrogens (tertiary/aromatic N) is 3. The zero-order valence-electron chi connectivity index (χ0n) is 14.6. The van der Waals surface area contributed by atoms with Crippen molar-refractivity contribution < 1.29 is 4.74 Å². The summed E-state index contributed by atoms with van der Waals surface area (Å²) in [6.45, 7) is 3.61. The van der Waals surface area contributed by atoms with Crippen molar-refractivity contribution in [2.24, 2.45) is 4.99 Å². The number of guanidine groups is 1. The van der Waals surface area contributed by atoms with Gasteiger partial charge in [0.05, 0.1) is 11.1 Å². The first-order chi connectivity index (χ1) is 11.8. The Hall–Kier alpha value is -0.800. The fourth-order valence-electron chi connectivity index (χ4n) is 3.29. The molecule has 1 aromatic heterocycles. The summed E-state index contributed by atoms with van der Waals surface area (Å²) in [7, 11) is 1.81. The summed E-state index contributed by atoms with van der Waals surface area (Å²) < 4.78 is 5.65. The van der Waals surface area contributed by atoms with Gasteiger partial charge in [0, 0.05) is 45.5 Å². The lowest BCUT2D eigenvalue weighted by atomic mass is 10.2. The number of hydrogen-bond donors (Lipinski definition) is 2. The van der Waals surface area contributed by atoms with Gasteiger partial charge in [0.15, 0.2) is 5.96 Å². The van der Waals surface area contributed by atoms with Crippen LogP contribution in [0.1, 0.15) is 25.7 Å². The second-order valence-electron chi connectivity index (χ2n) is 6.31. The van der Waals surface area contributed by atoms with Crippen LogP contribution in [-0.4, -0.2) is 56.4 Å². The van der Waals surface area contributed by atoms with Crippen LogP contribution >= 0.6 is 35.6 Å². The third-order valence-corrected chi connectivity index (χ3v) is 4.87. The van der Waals surface area contributed by atoms with Crippen LogP contribution in [0.2, 0.25) is 5.02 Å². The van der Waals surface area contributed by atoms with Crippen molar-refractivity contribution >= 4 is 47.4 Å². The third kappa shape index (κ3) is 5.86. The molecule has 2 atom stereocenters. The highest BCUT2D eigenvalue weighted by atomic mass is 127. The largest absolute Gasteiger partial charge is 0.378 e. The number of ether oxygens (including phenoxy) is 1. The molecule has 2 fully saturated rings. The first kappa shape index (κ1) is 20.5. The minimum absolute atomic E-state index is 0. The number of pyridine rings is 1. The first-order valence-corrected chi connectivity index (χ1v) is 9.08. The lowest BCUT2D eigenvalue weighted by Gasteiger charge is -2.20. The number of hydrogen-bond acceptors (Lipinski definition) is 4. The lowest BCUT2D eigenvalue weighted by Crippen LogP contribution is -2.45. The number of rotatable bonds is 5. The molecule has 2 aliphatic heterocycles. The molecule has 0 spiro atoms. The van der Waals surface area contributed by atoms with E-state index in [1.807, 2.05) is 19.2 Å². The Kier molecular flexibility index (Phi) is 8.51. The molecule has 8 heteroatoms. The van der Waals surface area contributed by atoms with E-state index >= 15 is 0 Å². The predicted molar refractivity (Wildman–Crippen MR) is 113 cm³/mol. The summed E-state index contributed by atoms with van der Waals surface area (Å²) in [5.74, 6) is 1.72. The summed E-state index contributed by atoms with van der Waals surface area (Å²) in [6, 6.07) is 4.09. The van der Waals surface area contributed by atoms with E-state index in [0.717, 1.165) is 50.9 Å². The van der Waals surface area contributed by atoms with E-state index in [9.17, 15) is 0 Å². The molecule has 2 aliphatic rings. The Labute approximate surface area is 171 Å². The molecule has 2 saturated heterocycles. The van der Waals surface area contributed by atoms with Gasteiger partial charge >= 0.3 is 0 Å². The minimum Gasteiger partial charge on any atom is -0.378 e. The molecule has 1 aromatic rings. The quantitative estimate of drug-likeness (QED) is 0.386. The topological polar surface area (TPSA) is 61.8 Å². The molecule has 3 rings (SSSR count). The third-order valence-electron chi connectivity index (χ3n) is 4.57. The molecule has 25 heavy (non-hydrogen) atoms. The molecular weight excluding hydrogens is 453 g/mol. The highest BCUT2D eigenvalue weighted by Gasteiger charge is 2.25. The molecular formula is C17H27ClIN5O. The molecule has 0 aromatic carbocycles. The monoisotopic (exact) mass is 479 g/mol. The van der Waals surface area contributed by atoms with Gasteiger partial charge in [0.25, 0.3) is 0 Å². The Morgan fingerprint density at radius 3 is 3.08 bits per heavy atom. The van der Waals surface area contributed by atoms with E-state index < -0.39 is 0 Å². The van der Waals surface area contributed by atoms with E-state index in [1.165, 1.54) is 12.8 Å². The van der Waals surface area contributed by atoms with Gasteiger partial charge in [-0.3, -0.25) is 4.99 Å². The van der Waals surface area contributed by atoms with E-state index in [0.29, 0.717) is 17.2 Å². The highest BCUT2D eigenvalue weighted by molar-refractivity contribution is 14.0. The molecule has 6 nitrogen and oxygen atoms in total. The van der Waals surface area contributed by atoms with E-state index in [1.54, 1.807) is 6.20 Å². The molecule has 0 amide bonds. The number of aromatic nitrogens is 1. The maximum absolute atomic E-state index is 6.24. The van der Waals surface area contributed by atoms with Crippen molar-refractivity contribution in [3.63, 3.8) is 0 Å². The smallest absolute Gasteiger partial charge is 0.191 e. The fraction of sp³-hybridized carbons (Fsp3) is 0.647. The van der Waals surface area contributed by atoms with Crippen LogP contribution in [0, 0.1) is 0 Å². The van der Waals surface area contributed by atoms with Gasteiger partial charge in [0.2, 0.25) is 0 Å². The van der Waals surface area contributed by atoms with Gasteiger partial charge in [-0.25, -0.2) is 4.98 Å². The number of anilines is 1. The van der Waals surface area contributed by atoms with Gasteiger partial charge < -0.3 is 20.3 Å². The SMILES string of the molecule is CN=C(NCCC1CCCO1)NC1CCN(c2ncccc2Cl)C1.I. The summed E-state index contributed by atoms with van der Waals surface area (Å²) in [6.07, 6.45) is 6.62. The molecule has 0 saturated carbocycles. The number of aliphatic imine (C=N–C) groups is 1. The maximum atomic E-state index is 6.24. The van der Waals surface area contributed by atoms with E-state index in [2.05, 4.69) is 25.5 Å². The second kappa shape index (κ2) is 10.4. The van der Waals surface area contributed by atoms with Crippen molar-refractivity contribution in [2.75, 3.05) is 38.2 Å². The molecule has 0 radical (unpaired) electrons. The van der Waals surface area contributed by atoms with Crippen LogP contribution in [0.4, 0.5) is 5.82 Å². The van der Waals surface area contributed by atoms with Crippen molar-refractivity contribution in [3.8, 4) is 0 Å². The van der Waals surface area contributed by atoms with Gasteiger partial charge in [0.1, 0.15) is 5.82 Å². The molecule has 0 bridgehead atoms. The summed E-state index contributed by atoms with van der Waals surface area (Å²) in [4.78, 5) is 10.9. The van der Waals surface area contributed by atoms with Crippen molar-refractivity contribution in [3.05, 3.63) is 23.4 Å². The number of nitrogens with one attached hydrogen (secondary N) is 2. The zero-order valence-corrected chi connectivity index (χ0v) is 17.7. The molecule has 140 valence electrons. The molecule has 2 N–H and O–H groups in total. The van der Waals surface area contributed by atoms with Crippen molar-refractivity contribution in [2.45, 2.75) is 37.8 Å². The zero-order chi connectivity index (χ0) is 16.8. The molecule has 2 unspecified atom stereocenters. The summed E-state index contributed by atoms with van der Waals surface area (Å²) in [5.41, 5.74) is 0. The van der Waals surface area contributed by atoms with Crippen LogP contribution in [0.3, 0.4) is 0 Å². The van der Waals surface area contributed by atoms with Crippen molar-refractivity contribution in [1.82, 2.24) is 15.6 Å². The van der Waals surface area contributed by atoms with Crippen LogP contribution < -0.4 is 15.5 Å².